The molecule has 2 atom stereocenters. The third-order valence-electron chi connectivity index (χ3n) is 2.80. The third-order valence-corrected chi connectivity index (χ3v) is 2.80. The first-order valence-electron chi connectivity index (χ1n) is 5.90. The number of aliphatic hydroxyl groups is 1. The molecule has 0 aliphatic carbocycles. The van der Waals surface area contributed by atoms with Crippen molar-refractivity contribution in [2.75, 3.05) is 19.6 Å². The number of hydrogen-bond acceptors (Lipinski definition) is 3. The first kappa shape index (κ1) is 15.7. The van der Waals surface area contributed by atoms with Crippen molar-refractivity contribution in [2.45, 2.75) is 38.7 Å². The van der Waals surface area contributed by atoms with E-state index in [-0.39, 0.29) is 24.2 Å². The van der Waals surface area contributed by atoms with E-state index in [9.17, 15) is 9.90 Å². The molecule has 1 saturated heterocycles. The maximum absolute atomic E-state index is 11.6. The van der Waals surface area contributed by atoms with Gasteiger partial charge in [0.25, 0.3) is 0 Å². The molecule has 1 rings (SSSR count). The van der Waals surface area contributed by atoms with Crippen LogP contribution in [0.25, 0.3) is 0 Å². The average Bonchev–Trinajstić information content (AvgIpc) is 2.27. The van der Waals surface area contributed by atoms with Gasteiger partial charge in [0.1, 0.15) is 0 Å². The molecule has 4 nitrogen and oxygen atoms in total. The molecule has 1 amide bonds. The minimum absolute atomic E-state index is 0. The average molecular weight is 251 g/mol. The molecule has 0 radical (unpaired) electrons. The number of carbonyl (C=O) groups excluding carboxylic acids is 1. The van der Waals surface area contributed by atoms with Gasteiger partial charge >= 0.3 is 0 Å². The quantitative estimate of drug-likeness (QED) is 0.673. The van der Waals surface area contributed by atoms with Crippen LogP contribution in [0.4, 0.5) is 0 Å². The molecule has 0 aromatic heterocycles. The van der Waals surface area contributed by atoms with Gasteiger partial charge in [-0.1, -0.05) is 13.3 Å². The standard InChI is InChI=1S/C11H22N2O2.ClH/c1-2-4-10(14)8-13-11(15)9-5-3-6-12-7-9;/h9-10,12,14H,2-8H2,1H3,(H,13,15);1H. The van der Waals surface area contributed by atoms with E-state index in [2.05, 4.69) is 10.6 Å². The summed E-state index contributed by atoms with van der Waals surface area (Å²) in [6.07, 6.45) is 3.33. The summed E-state index contributed by atoms with van der Waals surface area (Å²) in [6.45, 7) is 4.21. The van der Waals surface area contributed by atoms with Crippen molar-refractivity contribution in [1.29, 1.82) is 0 Å². The van der Waals surface area contributed by atoms with Gasteiger partial charge in [0, 0.05) is 13.1 Å². The molecule has 16 heavy (non-hydrogen) atoms. The molecule has 0 aromatic carbocycles. The molecule has 0 saturated carbocycles. The lowest BCUT2D eigenvalue weighted by Gasteiger charge is -2.22. The summed E-state index contributed by atoms with van der Waals surface area (Å²) >= 11 is 0. The number of amides is 1. The fraction of sp³-hybridized carbons (Fsp3) is 0.909. The highest BCUT2D eigenvalue weighted by Crippen LogP contribution is 2.09. The number of hydrogen-bond donors (Lipinski definition) is 3. The molecule has 1 heterocycles. The van der Waals surface area contributed by atoms with E-state index in [1.165, 1.54) is 0 Å². The zero-order valence-electron chi connectivity index (χ0n) is 9.87. The minimum atomic E-state index is -0.393. The van der Waals surface area contributed by atoms with Crippen molar-refractivity contribution < 1.29 is 9.90 Å². The summed E-state index contributed by atoms with van der Waals surface area (Å²) in [4.78, 5) is 11.6. The van der Waals surface area contributed by atoms with Crippen molar-refractivity contribution in [2.24, 2.45) is 5.92 Å². The maximum Gasteiger partial charge on any atom is 0.224 e. The van der Waals surface area contributed by atoms with E-state index < -0.39 is 6.10 Å². The Kier molecular flexibility index (Phi) is 8.61. The number of aliphatic hydroxyl groups excluding tert-OH is 1. The van der Waals surface area contributed by atoms with Gasteiger partial charge in [0.2, 0.25) is 5.91 Å². The Morgan fingerprint density at radius 1 is 1.62 bits per heavy atom. The first-order valence-corrected chi connectivity index (χ1v) is 5.90. The fourth-order valence-corrected chi connectivity index (χ4v) is 1.87. The van der Waals surface area contributed by atoms with Gasteiger partial charge in [-0.25, -0.2) is 0 Å². The lowest BCUT2D eigenvalue weighted by Crippen LogP contribution is -2.42. The van der Waals surface area contributed by atoms with Crippen molar-refractivity contribution in [3.63, 3.8) is 0 Å². The monoisotopic (exact) mass is 250 g/mol. The van der Waals surface area contributed by atoms with E-state index in [1.807, 2.05) is 6.92 Å². The van der Waals surface area contributed by atoms with Crippen LogP contribution in [0.15, 0.2) is 0 Å². The highest BCUT2D eigenvalue weighted by atomic mass is 35.5. The topological polar surface area (TPSA) is 61.4 Å². The van der Waals surface area contributed by atoms with Gasteiger partial charge in [0.05, 0.1) is 12.0 Å². The second kappa shape index (κ2) is 8.79. The molecule has 0 bridgehead atoms. The Bertz CT molecular complexity index is 196. The number of nitrogens with one attached hydrogen (secondary N) is 2. The molecule has 2 unspecified atom stereocenters. The summed E-state index contributed by atoms with van der Waals surface area (Å²) < 4.78 is 0. The lowest BCUT2D eigenvalue weighted by molar-refractivity contribution is -0.125. The van der Waals surface area contributed by atoms with E-state index in [1.54, 1.807) is 0 Å². The van der Waals surface area contributed by atoms with Gasteiger partial charge in [0.15, 0.2) is 0 Å². The first-order chi connectivity index (χ1) is 7.24. The van der Waals surface area contributed by atoms with Crippen LogP contribution in [0, 0.1) is 5.92 Å². The van der Waals surface area contributed by atoms with Crippen LogP contribution >= 0.6 is 12.4 Å². The molecular weight excluding hydrogens is 228 g/mol. The summed E-state index contributed by atoms with van der Waals surface area (Å²) in [5, 5.41) is 15.5. The molecule has 1 aliphatic rings. The third kappa shape index (κ3) is 5.68. The SMILES string of the molecule is CCCC(O)CNC(=O)C1CCCNC1.Cl. The second-order valence-electron chi connectivity index (χ2n) is 4.23. The summed E-state index contributed by atoms with van der Waals surface area (Å²) in [5.41, 5.74) is 0. The van der Waals surface area contributed by atoms with Crippen LogP contribution in [0.1, 0.15) is 32.6 Å². The molecule has 5 heteroatoms. The number of rotatable bonds is 5. The van der Waals surface area contributed by atoms with Gasteiger partial charge < -0.3 is 15.7 Å². The van der Waals surface area contributed by atoms with E-state index in [0.717, 1.165) is 38.8 Å². The summed E-state index contributed by atoms with van der Waals surface area (Å²) in [7, 11) is 0. The zero-order chi connectivity index (χ0) is 11.1. The number of carbonyl (C=O) groups is 1. The Morgan fingerprint density at radius 2 is 2.38 bits per heavy atom. The Hall–Kier alpha value is -0.320. The van der Waals surface area contributed by atoms with E-state index >= 15 is 0 Å². The molecule has 96 valence electrons. The van der Waals surface area contributed by atoms with Crippen molar-refractivity contribution >= 4 is 18.3 Å². The predicted molar refractivity (Wildman–Crippen MR) is 66.8 cm³/mol. The molecule has 3 N–H and O–H groups in total. The smallest absolute Gasteiger partial charge is 0.224 e. The zero-order valence-corrected chi connectivity index (χ0v) is 10.7. The van der Waals surface area contributed by atoms with Crippen molar-refractivity contribution in [1.82, 2.24) is 10.6 Å². The number of halogens is 1. The van der Waals surface area contributed by atoms with Crippen LogP contribution in [-0.2, 0) is 4.79 Å². The molecule has 0 aromatic rings. The summed E-state index contributed by atoms with van der Waals surface area (Å²) in [5.74, 6) is 0.171. The second-order valence-corrected chi connectivity index (χ2v) is 4.23. The van der Waals surface area contributed by atoms with E-state index in [0.29, 0.717) is 6.54 Å². The maximum atomic E-state index is 11.6. The van der Waals surface area contributed by atoms with Crippen molar-refractivity contribution in [3.8, 4) is 0 Å². The molecule has 1 aliphatic heterocycles. The normalized spacial score (nSPS) is 22.0. The lowest BCUT2D eigenvalue weighted by atomic mass is 9.99. The van der Waals surface area contributed by atoms with E-state index in [4.69, 9.17) is 0 Å². The number of piperidine rings is 1. The summed E-state index contributed by atoms with van der Waals surface area (Å²) in [6, 6.07) is 0. The largest absolute Gasteiger partial charge is 0.391 e. The Morgan fingerprint density at radius 3 is 2.94 bits per heavy atom. The fourth-order valence-electron chi connectivity index (χ4n) is 1.87. The highest BCUT2D eigenvalue weighted by molar-refractivity contribution is 5.85. The Labute approximate surface area is 104 Å². The van der Waals surface area contributed by atoms with Gasteiger partial charge in [-0.3, -0.25) is 4.79 Å². The van der Waals surface area contributed by atoms with Crippen LogP contribution in [0.3, 0.4) is 0 Å². The van der Waals surface area contributed by atoms with Gasteiger partial charge in [-0.15, -0.1) is 12.4 Å². The molecule has 1 fully saturated rings. The van der Waals surface area contributed by atoms with Gasteiger partial charge in [-0.2, -0.15) is 0 Å². The highest BCUT2D eigenvalue weighted by Gasteiger charge is 2.20. The Balaban J connectivity index is 0.00000225. The molecule has 0 spiro atoms. The predicted octanol–water partition coefficient (Wildman–Crippen LogP) is 0.685. The molecular formula is C11H23ClN2O2. The van der Waals surface area contributed by atoms with Gasteiger partial charge in [-0.05, 0) is 25.8 Å². The van der Waals surface area contributed by atoms with Crippen LogP contribution in [0.5, 0.6) is 0 Å². The van der Waals surface area contributed by atoms with Crippen LogP contribution in [-0.4, -0.2) is 36.8 Å². The minimum Gasteiger partial charge on any atom is -0.391 e. The van der Waals surface area contributed by atoms with Crippen LogP contribution in [0.2, 0.25) is 0 Å². The van der Waals surface area contributed by atoms with Crippen molar-refractivity contribution in [3.05, 3.63) is 0 Å². The van der Waals surface area contributed by atoms with Crippen LogP contribution < -0.4 is 10.6 Å².